The third kappa shape index (κ3) is 6.26. The Balaban J connectivity index is 2.20. The monoisotopic (exact) mass is 510 g/mol. The predicted octanol–water partition coefficient (Wildman–Crippen LogP) is 3.42. The number of amides is 1. The molecule has 0 heterocycles. The normalized spacial score (nSPS) is 11.8. The molecule has 12 heteroatoms. The lowest BCUT2D eigenvalue weighted by molar-refractivity contribution is -0.173. The van der Waals surface area contributed by atoms with E-state index < -0.39 is 40.3 Å². The minimum absolute atomic E-state index is 0.0563. The Morgan fingerprint density at radius 1 is 1.10 bits per heavy atom. The summed E-state index contributed by atoms with van der Waals surface area (Å²) in [4.78, 5) is 22.7. The van der Waals surface area contributed by atoms with Crippen molar-refractivity contribution < 1.29 is 35.6 Å². The zero-order valence-corrected chi connectivity index (χ0v) is 17.7. The molecule has 2 aromatic carbocycles. The summed E-state index contributed by atoms with van der Waals surface area (Å²) < 4.78 is 76.9. The number of nitrogens with one attached hydrogen (secondary N) is 1. The lowest BCUT2D eigenvalue weighted by atomic mass is 10.1. The third-order valence-corrected chi connectivity index (χ3v) is 5.54. The summed E-state index contributed by atoms with van der Waals surface area (Å²) in [6.45, 7) is -1.34. The number of anilines is 1. The molecule has 1 N–H and O–H groups in total. The number of hydrogen-bond donors (Lipinski definition) is 1. The third-order valence-electron chi connectivity index (χ3n) is 3.87. The maximum atomic E-state index is 14.5. The van der Waals surface area contributed by atoms with Crippen LogP contribution < -0.4 is 9.62 Å². The van der Waals surface area contributed by atoms with Crippen LogP contribution in [-0.4, -0.2) is 39.1 Å². The van der Waals surface area contributed by atoms with Crippen molar-refractivity contribution in [1.29, 1.82) is 0 Å². The molecule has 6 nitrogen and oxygen atoms in total. The number of Topliss-reactive ketones (excluding diaryl/α,β-unsaturated/α-hetero) is 1. The van der Waals surface area contributed by atoms with Gasteiger partial charge in [0.25, 0.3) is 0 Å². The van der Waals surface area contributed by atoms with Gasteiger partial charge in [-0.3, -0.25) is 13.9 Å². The average Bonchev–Trinajstić information content (AvgIpc) is 2.64. The van der Waals surface area contributed by atoms with E-state index in [4.69, 9.17) is 0 Å². The summed E-state index contributed by atoms with van der Waals surface area (Å²) in [6.07, 6.45) is -4.19. The maximum absolute atomic E-state index is 14.5. The number of hydrogen-bond acceptors (Lipinski definition) is 4. The van der Waals surface area contributed by atoms with E-state index in [1.54, 1.807) is 12.1 Å². The zero-order valence-electron chi connectivity index (χ0n) is 15.3. The second-order valence-electron chi connectivity index (χ2n) is 6.16. The Bertz CT molecular complexity index is 1060. The zero-order chi connectivity index (χ0) is 22.7. The molecule has 1 amide bonds. The smallest absolute Gasteiger partial charge is 0.341 e. The van der Waals surface area contributed by atoms with Gasteiger partial charge in [-0.2, -0.15) is 13.2 Å². The van der Waals surface area contributed by atoms with Gasteiger partial charge in [-0.05, 0) is 30.3 Å². The molecule has 2 aromatic rings. The van der Waals surface area contributed by atoms with Gasteiger partial charge in [0.05, 0.1) is 25.0 Å². The molecule has 2 rings (SSSR count). The summed E-state index contributed by atoms with van der Waals surface area (Å²) in [5.41, 5.74) is -0.0393. The first-order valence-electron chi connectivity index (χ1n) is 8.19. The standard InChI is InChI=1S/C18H15BrF4N2O4S/c1-30(28,29)25(14-6-4-13(19)5-7-14)10-12-3-2-11(8-15(12)20)16(26)9-24-17(27)18(21,22)23/h2-8H,9-10H2,1H3,(H,24,27). The molecule has 0 unspecified atom stereocenters. The van der Waals surface area contributed by atoms with Crippen LogP contribution in [-0.2, 0) is 21.4 Å². The van der Waals surface area contributed by atoms with E-state index in [0.29, 0.717) is 4.47 Å². The van der Waals surface area contributed by atoms with E-state index in [1.165, 1.54) is 17.4 Å². The van der Waals surface area contributed by atoms with Crippen LogP contribution in [0, 0.1) is 5.82 Å². The van der Waals surface area contributed by atoms with Crippen molar-refractivity contribution >= 4 is 43.3 Å². The van der Waals surface area contributed by atoms with Gasteiger partial charge >= 0.3 is 12.1 Å². The number of carbonyl (C=O) groups excluding carboxylic acids is 2. The lowest BCUT2D eigenvalue weighted by Crippen LogP contribution is -2.39. The minimum atomic E-state index is -5.14. The first-order chi connectivity index (χ1) is 13.8. The fourth-order valence-corrected chi connectivity index (χ4v) is 3.52. The molecule has 0 spiro atoms. The van der Waals surface area contributed by atoms with Gasteiger partial charge in [0.15, 0.2) is 5.78 Å². The predicted molar refractivity (Wildman–Crippen MR) is 105 cm³/mol. The number of sulfonamides is 1. The number of rotatable bonds is 7. The van der Waals surface area contributed by atoms with Crippen LogP contribution in [0.1, 0.15) is 15.9 Å². The van der Waals surface area contributed by atoms with Crippen molar-refractivity contribution in [2.24, 2.45) is 0 Å². The van der Waals surface area contributed by atoms with Gasteiger partial charge in [0.1, 0.15) is 5.82 Å². The SMILES string of the molecule is CS(=O)(=O)N(Cc1ccc(C(=O)CNC(=O)C(F)(F)F)cc1F)c1ccc(Br)cc1. The van der Waals surface area contributed by atoms with E-state index in [0.717, 1.165) is 28.8 Å². The van der Waals surface area contributed by atoms with Crippen molar-refractivity contribution in [2.75, 3.05) is 17.1 Å². The van der Waals surface area contributed by atoms with Crippen LogP contribution in [0.4, 0.5) is 23.2 Å². The summed E-state index contributed by atoms with van der Waals surface area (Å²) in [7, 11) is -3.77. The van der Waals surface area contributed by atoms with Crippen molar-refractivity contribution in [3.05, 3.63) is 63.9 Å². The number of carbonyl (C=O) groups is 2. The number of benzene rings is 2. The summed E-state index contributed by atoms with van der Waals surface area (Å²) in [5, 5.41) is 1.41. The van der Waals surface area contributed by atoms with E-state index in [9.17, 15) is 35.6 Å². The molecule has 0 aliphatic rings. The van der Waals surface area contributed by atoms with Crippen LogP contribution in [0.25, 0.3) is 0 Å². The number of nitrogens with zero attached hydrogens (tertiary/aromatic N) is 1. The van der Waals surface area contributed by atoms with Gasteiger partial charge in [-0.15, -0.1) is 0 Å². The summed E-state index contributed by atoms with van der Waals surface area (Å²) >= 11 is 3.23. The number of halogens is 5. The van der Waals surface area contributed by atoms with E-state index in [-0.39, 0.29) is 23.4 Å². The van der Waals surface area contributed by atoms with Crippen LogP contribution in [0.5, 0.6) is 0 Å². The summed E-state index contributed by atoms with van der Waals surface area (Å²) in [6, 6.07) is 9.34. The Labute approximate surface area is 178 Å². The first-order valence-corrected chi connectivity index (χ1v) is 10.8. The molecule has 30 heavy (non-hydrogen) atoms. The van der Waals surface area contributed by atoms with Crippen molar-refractivity contribution in [3.8, 4) is 0 Å². The highest BCUT2D eigenvalue weighted by molar-refractivity contribution is 9.10. The van der Waals surface area contributed by atoms with Crippen LogP contribution in [0.3, 0.4) is 0 Å². The van der Waals surface area contributed by atoms with Gasteiger partial charge in [0.2, 0.25) is 10.0 Å². The van der Waals surface area contributed by atoms with Gasteiger partial charge < -0.3 is 5.32 Å². The largest absolute Gasteiger partial charge is 0.471 e. The molecule has 162 valence electrons. The molecule has 0 atom stereocenters. The molecular formula is C18H15BrF4N2O4S. The fourth-order valence-electron chi connectivity index (χ4n) is 2.37. The average molecular weight is 511 g/mol. The molecule has 0 fully saturated rings. The molecule has 0 aliphatic heterocycles. The molecule has 0 bridgehead atoms. The Morgan fingerprint density at radius 2 is 1.70 bits per heavy atom. The highest BCUT2D eigenvalue weighted by Crippen LogP contribution is 2.24. The van der Waals surface area contributed by atoms with Crippen molar-refractivity contribution in [3.63, 3.8) is 0 Å². The van der Waals surface area contributed by atoms with Crippen LogP contribution in [0.2, 0.25) is 0 Å². The highest BCUT2D eigenvalue weighted by Gasteiger charge is 2.38. The topological polar surface area (TPSA) is 83.6 Å². The molecular weight excluding hydrogens is 496 g/mol. The second kappa shape index (κ2) is 9.13. The van der Waals surface area contributed by atoms with Crippen molar-refractivity contribution in [2.45, 2.75) is 12.7 Å². The van der Waals surface area contributed by atoms with E-state index >= 15 is 0 Å². The van der Waals surface area contributed by atoms with Crippen molar-refractivity contribution in [1.82, 2.24) is 5.32 Å². The maximum Gasteiger partial charge on any atom is 0.471 e. The molecule has 0 aliphatic carbocycles. The second-order valence-corrected chi connectivity index (χ2v) is 8.98. The van der Waals surface area contributed by atoms with Gasteiger partial charge in [0, 0.05) is 15.6 Å². The minimum Gasteiger partial charge on any atom is -0.341 e. The fraction of sp³-hybridized carbons (Fsp3) is 0.222. The Hall–Kier alpha value is -2.47. The molecule has 0 radical (unpaired) electrons. The Kier molecular flexibility index (Phi) is 7.24. The van der Waals surface area contributed by atoms with Gasteiger partial charge in [-0.25, -0.2) is 12.8 Å². The quantitative estimate of drug-likeness (QED) is 0.457. The molecule has 0 saturated carbocycles. The van der Waals surface area contributed by atoms with Gasteiger partial charge in [-0.1, -0.05) is 28.1 Å². The number of alkyl halides is 3. The highest BCUT2D eigenvalue weighted by atomic mass is 79.9. The Morgan fingerprint density at radius 3 is 2.20 bits per heavy atom. The number of ketones is 1. The lowest BCUT2D eigenvalue weighted by Gasteiger charge is -2.23. The summed E-state index contributed by atoms with van der Waals surface area (Å²) in [5.74, 6) is -4.15. The molecule has 0 aromatic heterocycles. The van der Waals surface area contributed by atoms with E-state index in [1.807, 2.05) is 0 Å². The van der Waals surface area contributed by atoms with Crippen LogP contribution >= 0.6 is 15.9 Å². The molecule has 0 saturated heterocycles. The van der Waals surface area contributed by atoms with Crippen LogP contribution in [0.15, 0.2) is 46.9 Å². The van der Waals surface area contributed by atoms with E-state index in [2.05, 4.69) is 15.9 Å². The first kappa shape index (κ1) is 23.8.